The first-order valence-corrected chi connectivity index (χ1v) is 8.54. The van der Waals surface area contributed by atoms with Crippen molar-refractivity contribution in [3.05, 3.63) is 85.3 Å². The fourth-order valence-electron chi connectivity index (χ4n) is 3.14. The summed E-state index contributed by atoms with van der Waals surface area (Å²) in [5, 5.41) is 0. The van der Waals surface area contributed by atoms with Gasteiger partial charge in [-0.1, -0.05) is 37.4 Å². The van der Waals surface area contributed by atoms with Crippen LogP contribution in [0.4, 0.5) is 0 Å². The van der Waals surface area contributed by atoms with E-state index in [1.165, 1.54) is 12.5 Å². The summed E-state index contributed by atoms with van der Waals surface area (Å²) in [6.45, 7) is 14.9. The molecular formula is C23H26O3. The number of ketones is 1. The highest BCUT2D eigenvalue weighted by molar-refractivity contribution is 5.97. The largest absolute Gasteiger partial charge is 0.466 e. The summed E-state index contributed by atoms with van der Waals surface area (Å²) in [6.07, 6.45) is 2.77. The molecule has 0 aliphatic heterocycles. The Labute approximate surface area is 156 Å². The molecule has 2 aromatic rings. The van der Waals surface area contributed by atoms with Gasteiger partial charge < -0.3 is 9.47 Å². The lowest BCUT2D eigenvalue weighted by Crippen LogP contribution is -2.42. The van der Waals surface area contributed by atoms with Gasteiger partial charge in [-0.05, 0) is 63.1 Å². The molecule has 136 valence electrons. The standard InChI is InChI=1S/C23H26O3/c1-7-25-19-13-9-17(10-14-19)22(3,4)21(24)23(5,6)18-11-15-20(16-12-18)26-8-2/h7-16H,1-2H2,3-6H3. The lowest BCUT2D eigenvalue weighted by atomic mass is 9.67. The molecule has 0 bridgehead atoms. The molecular weight excluding hydrogens is 324 g/mol. The summed E-state index contributed by atoms with van der Waals surface area (Å²) in [6, 6.07) is 15.1. The number of carbonyl (C=O) groups excluding carboxylic acids is 1. The minimum absolute atomic E-state index is 0.139. The first kappa shape index (κ1) is 19.5. The minimum atomic E-state index is -0.646. The molecule has 2 aromatic carbocycles. The highest BCUT2D eigenvalue weighted by Gasteiger charge is 2.41. The van der Waals surface area contributed by atoms with E-state index in [0.717, 1.165) is 11.1 Å². The van der Waals surface area contributed by atoms with Crippen LogP contribution < -0.4 is 9.47 Å². The average Bonchev–Trinajstić information content (AvgIpc) is 2.62. The van der Waals surface area contributed by atoms with E-state index in [4.69, 9.17) is 9.47 Å². The highest BCUT2D eigenvalue weighted by atomic mass is 16.5. The van der Waals surface area contributed by atoms with E-state index in [1.807, 2.05) is 76.2 Å². The van der Waals surface area contributed by atoms with Crippen LogP contribution in [0.1, 0.15) is 38.8 Å². The molecule has 0 radical (unpaired) electrons. The van der Waals surface area contributed by atoms with Crippen molar-refractivity contribution in [2.24, 2.45) is 0 Å². The Morgan fingerprint density at radius 3 is 1.31 bits per heavy atom. The summed E-state index contributed by atoms with van der Waals surface area (Å²) < 4.78 is 10.5. The maximum absolute atomic E-state index is 13.4. The second-order valence-electron chi connectivity index (χ2n) is 7.20. The molecule has 0 saturated carbocycles. The number of carbonyl (C=O) groups is 1. The van der Waals surface area contributed by atoms with Crippen LogP contribution in [-0.4, -0.2) is 5.78 Å². The van der Waals surface area contributed by atoms with Gasteiger partial charge in [-0.25, -0.2) is 0 Å². The van der Waals surface area contributed by atoms with Crippen LogP contribution in [0.2, 0.25) is 0 Å². The Kier molecular flexibility index (Phi) is 5.71. The summed E-state index contributed by atoms with van der Waals surface area (Å²) in [5.41, 5.74) is 0.594. The van der Waals surface area contributed by atoms with Crippen molar-refractivity contribution in [3.8, 4) is 11.5 Å². The third kappa shape index (κ3) is 3.88. The Balaban J connectivity index is 2.30. The second-order valence-corrected chi connectivity index (χ2v) is 7.20. The van der Waals surface area contributed by atoms with E-state index in [2.05, 4.69) is 13.2 Å². The molecule has 0 fully saturated rings. The molecule has 3 heteroatoms. The van der Waals surface area contributed by atoms with Crippen molar-refractivity contribution in [2.75, 3.05) is 0 Å². The molecule has 0 unspecified atom stereocenters. The zero-order valence-corrected chi connectivity index (χ0v) is 15.9. The number of rotatable bonds is 8. The number of ether oxygens (including phenoxy) is 2. The molecule has 0 aromatic heterocycles. The van der Waals surface area contributed by atoms with Gasteiger partial charge in [0.05, 0.1) is 12.5 Å². The third-order valence-electron chi connectivity index (χ3n) is 4.73. The number of Topliss-reactive ketones (excluding diaryl/α,β-unsaturated/α-hetero) is 1. The molecule has 0 aliphatic carbocycles. The van der Waals surface area contributed by atoms with Crippen LogP contribution in [-0.2, 0) is 15.6 Å². The zero-order valence-electron chi connectivity index (χ0n) is 15.9. The van der Waals surface area contributed by atoms with Crippen LogP contribution >= 0.6 is 0 Å². The van der Waals surface area contributed by atoms with Gasteiger partial charge in [0.1, 0.15) is 11.5 Å². The van der Waals surface area contributed by atoms with E-state index in [0.29, 0.717) is 11.5 Å². The van der Waals surface area contributed by atoms with E-state index >= 15 is 0 Å². The fourth-order valence-corrected chi connectivity index (χ4v) is 3.14. The minimum Gasteiger partial charge on any atom is -0.466 e. The molecule has 26 heavy (non-hydrogen) atoms. The highest BCUT2D eigenvalue weighted by Crippen LogP contribution is 2.36. The van der Waals surface area contributed by atoms with Gasteiger partial charge in [0.25, 0.3) is 0 Å². The van der Waals surface area contributed by atoms with Crippen molar-refractivity contribution in [3.63, 3.8) is 0 Å². The Morgan fingerprint density at radius 2 is 1.04 bits per heavy atom. The lowest BCUT2D eigenvalue weighted by Gasteiger charge is -2.34. The van der Waals surface area contributed by atoms with Gasteiger partial charge in [-0.2, -0.15) is 0 Å². The summed E-state index contributed by atoms with van der Waals surface area (Å²) in [5.74, 6) is 1.54. The van der Waals surface area contributed by atoms with Crippen molar-refractivity contribution < 1.29 is 14.3 Å². The lowest BCUT2D eigenvalue weighted by molar-refractivity contribution is -0.128. The number of hydrogen-bond acceptors (Lipinski definition) is 3. The van der Waals surface area contributed by atoms with E-state index in [-0.39, 0.29) is 5.78 Å². The Bertz CT molecular complexity index is 714. The molecule has 0 heterocycles. The van der Waals surface area contributed by atoms with Gasteiger partial charge in [-0.15, -0.1) is 0 Å². The van der Waals surface area contributed by atoms with Crippen LogP contribution in [0.15, 0.2) is 74.2 Å². The number of benzene rings is 2. The molecule has 0 amide bonds. The predicted octanol–water partition coefficient (Wildman–Crippen LogP) is 5.56. The van der Waals surface area contributed by atoms with Gasteiger partial charge in [0.15, 0.2) is 5.78 Å². The third-order valence-corrected chi connectivity index (χ3v) is 4.73. The number of hydrogen-bond donors (Lipinski definition) is 0. The molecule has 2 rings (SSSR count). The van der Waals surface area contributed by atoms with Gasteiger partial charge in [-0.3, -0.25) is 4.79 Å². The van der Waals surface area contributed by atoms with Crippen LogP contribution in [0, 0.1) is 0 Å². The molecule has 3 nitrogen and oxygen atoms in total. The molecule has 0 saturated heterocycles. The Morgan fingerprint density at radius 1 is 0.731 bits per heavy atom. The predicted molar refractivity (Wildman–Crippen MR) is 106 cm³/mol. The molecule has 0 spiro atoms. The fraction of sp³-hybridized carbons (Fsp3) is 0.261. The normalized spacial score (nSPS) is 11.5. The van der Waals surface area contributed by atoms with E-state index < -0.39 is 10.8 Å². The van der Waals surface area contributed by atoms with E-state index in [1.54, 1.807) is 0 Å². The summed E-state index contributed by atoms with van der Waals surface area (Å²) >= 11 is 0. The summed E-state index contributed by atoms with van der Waals surface area (Å²) in [4.78, 5) is 13.4. The van der Waals surface area contributed by atoms with Crippen LogP contribution in [0.5, 0.6) is 11.5 Å². The quantitative estimate of drug-likeness (QED) is 0.585. The van der Waals surface area contributed by atoms with Crippen LogP contribution in [0.25, 0.3) is 0 Å². The first-order chi connectivity index (χ1) is 12.2. The van der Waals surface area contributed by atoms with Crippen LogP contribution in [0.3, 0.4) is 0 Å². The maximum atomic E-state index is 13.4. The Hall–Kier alpha value is -2.81. The van der Waals surface area contributed by atoms with Crippen molar-refractivity contribution in [1.82, 2.24) is 0 Å². The van der Waals surface area contributed by atoms with Gasteiger partial charge >= 0.3 is 0 Å². The average molecular weight is 350 g/mol. The van der Waals surface area contributed by atoms with Crippen molar-refractivity contribution in [1.29, 1.82) is 0 Å². The summed E-state index contributed by atoms with van der Waals surface area (Å²) in [7, 11) is 0. The molecule has 0 N–H and O–H groups in total. The second kappa shape index (κ2) is 7.61. The molecule has 0 atom stereocenters. The topological polar surface area (TPSA) is 35.5 Å². The maximum Gasteiger partial charge on any atom is 0.152 e. The first-order valence-electron chi connectivity index (χ1n) is 8.54. The van der Waals surface area contributed by atoms with E-state index in [9.17, 15) is 4.79 Å². The molecule has 0 aliphatic rings. The zero-order chi connectivity index (χ0) is 19.4. The van der Waals surface area contributed by atoms with Gasteiger partial charge in [0, 0.05) is 10.8 Å². The van der Waals surface area contributed by atoms with Gasteiger partial charge in [0.2, 0.25) is 0 Å². The monoisotopic (exact) mass is 350 g/mol. The van der Waals surface area contributed by atoms with Crippen molar-refractivity contribution >= 4 is 5.78 Å². The smallest absolute Gasteiger partial charge is 0.152 e. The SMILES string of the molecule is C=COc1ccc(C(C)(C)C(=O)C(C)(C)c2ccc(OC=C)cc2)cc1. The van der Waals surface area contributed by atoms with Crippen molar-refractivity contribution in [2.45, 2.75) is 38.5 Å².